The second-order valence-electron chi connectivity index (χ2n) is 4.61. The van der Waals surface area contributed by atoms with Gasteiger partial charge in [0.1, 0.15) is 11.4 Å². The Morgan fingerprint density at radius 1 is 1.40 bits per heavy atom. The minimum atomic E-state index is -1.17. The number of hydrogen-bond donors (Lipinski definition) is 1. The number of hydrogen-bond acceptors (Lipinski definition) is 4. The highest BCUT2D eigenvalue weighted by molar-refractivity contribution is 6.31. The summed E-state index contributed by atoms with van der Waals surface area (Å²) in [6.45, 7) is 4.05. The van der Waals surface area contributed by atoms with Crippen LogP contribution in [0.1, 0.15) is 35.9 Å². The number of carboxylic acids is 1. The van der Waals surface area contributed by atoms with E-state index in [4.69, 9.17) is 26.0 Å². The molecular formula is C14H14ClNO4. The predicted molar refractivity (Wildman–Crippen MR) is 74.5 cm³/mol. The van der Waals surface area contributed by atoms with Crippen molar-refractivity contribution < 1.29 is 19.2 Å². The highest BCUT2D eigenvalue weighted by Crippen LogP contribution is 2.37. The van der Waals surface area contributed by atoms with Crippen LogP contribution in [-0.4, -0.2) is 23.3 Å². The summed E-state index contributed by atoms with van der Waals surface area (Å²) < 4.78 is 10.1. The van der Waals surface area contributed by atoms with Gasteiger partial charge in [0.15, 0.2) is 0 Å². The summed E-state index contributed by atoms with van der Waals surface area (Å²) in [4.78, 5) is 10.8. The fourth-order valence-electron chi connectivity index (χ4n) is 1.88. The number of aromatic carboxylic acids is 1. The fraction of sp³-hybridized carbons (Fsp3) is 0.286. The molecule has 0 unspecified atom stereocenters. The number of methoxy groups -OCH3 is 1. The van der Waals surface area contributed by atoms with E-state index in [1.54, 1.807) is 6.07 Å². The van der Waals surface area contributed by atoms with E-state index in [1.807, 2.05) is 19.9 Å². The molecule has 0 aliphatic heterocycles. The van der Waals surface area contributed by atoms with Crippen LogP contribution in [-0.2, 0) is 0 Å². The Labute approximate surface area is 121 Å². The highest BCUT2D eigenvalue weighted by Gasteiger charge is 2.18. The van der Waals surface area contributed by atoms with Gasteiger partial charge in [0.25, 0.3) is 0 Å². The first-order valence-corrected chi connectivity index (χ1v) is 6.39. The molecular weight excluding hydrogens is 282 g/mol. The molecule has 0 aliphatic rings. The lowest BCUT2D eigenvalue weighted by atomic mass is 9.99. The van der Waals surface area contributed by atoms with Gasteiger partial charge in [-0.25, -0.2) is 4.79 Å². The van der Waals surface area contributed by atoms with E-state index in [2.05, 4.69) is 5.16 Å². The average Bonchev–Trinajstić information content (AvgIpc) is 2.87. The molecule has 1 heterocycles. The molecule has 1 aromatic heterocycles. The van der Waals surface area contributed by atoms with E-state index in [0.717, 1.165) is 5.56 Å². The molecule has 1 N–H and O–H groups in total. The molecule has 0 aliphatic carbocycles. The number of benzene rings is 1. The molecule has 5 nitrogen and oxygen atoms in total. The molecule has 1 aromatic carbocycles. The molecule has 0 atom stereocenters. The van der Waals surface area contributed by atoms with E-state index in [0.29, 0.717) is 22.0 Å². The number of rotatable bonds is 4. The number of carboxylic acid groups (broad SMARTS) is 1. The van der Waals surface area contributed by atoms with Crippen molar-refractivity contribution in [3.8, 4) is 17.0 Å². The Balaban J connectivity index is 2.55. The summed E-state index contributed by atoms with van der Waals surface area (Å²) in [7, 11) is 1.54. The number of carbonyl (C=O) groups is 1. The molecule has 2 rings (SSSR count). The molecule has 106 valence electrons. The van der Waals surface area contributed by atoms with Crippen molar-refractivity contribution in [2.24, 2.45) is 0 Å². The van der Waals surface area contributed by atoms with Gasteiger partial charge in [0.2, 0.25) is 5.76 Å². The van der Waals surface area contributed by atoms with E-state index in [1.165, 1.54) is 13.2 Å². The van der Waals surface area contributed by atoms with Crippen LogP contribution in [0.15, 0.2) is 22.7 Å². The number of ether oxygens (including phenoxy) is 1. The molecule has 0 amide bonds. The Morgan fingerprint density at radius 3 is 2.60 bits per heavy atom. The molecule has 0 radical (unpaired) electrons. The van der Waals surface area contributed by atoms with E-state index in [9.17, 15) is 4.79 Å². The number of halogens is 1. The van der Waals surface area contributed by atoms with Crippen LogP contribution < -0.4 is 4.74 Å². The maximum atomic E-state index is 10.8. The first-order chi connectivity index (χ1) is 9.43. The summed E-state index contributed by atoms with van der Waals surface area (Å²) in [6.07, 6.45) is 0. The minimum Gasteiger partial charge on any atom is -0.496 e. The minimum absolute atomic E-state index is 0.230. The van der Waals surface area contributed by atoms with Gasteiger partial charge in [-0.15, -0.1) is 0 Å². The Hall–Kier alpha value is -2.01. The van der Waals surface area contributed by atoms with Gasteiger partial charge >= 0.3 is 5.97 Å². The number of nitrogens with zero attached hydrogens (tertiary/aromatic N) is 1. The topological polar surface area (TPSA) is 72.6 Å². The van der Waals surface area contributed by atoms with E-state index in [-0.39, 0.29) is 11.7 Å². The molecule has 0 spiro atoms. The summed E-state index contributed by atoms with van der Waals surface area (Å²) in [5, 5.41) is 13.2. The van der Waals surface area contributed by atoms with Crippen LogP contribution in [0.25, 0.3) is 11.3 Å². The Bertz CT molecular complexity index is 649. The maximum Gasteiger partial charge on any atom is 0.374 e. The Morgan fingerprint density at radius 2 is 2.10 bits per heavy atom. The summed E-state index contributed by atoms with van der Waals surface area (Å²) in [5.74, 6) is -0.584. The van der Waals surface area contributed by atoms with Gasteiger partial charge in [-0.1, -0.05) is 30.6 Å². The van der Waals surface area contributed by atoms with Gasteiger partial charge in [-0.05, 0) is 23.6 Å². The third-order valence-electron chi connectivity index (χ3n) is 2.94. The summed E-state index contributed by atoms with van der Waals surface area (Å²) in [5.41, 5.74) is 1.92. The molecule has 0 bridgehead atoms. The maximum absolute atomic E-state index is 10.8. The van der Waals surface area contributed by atoms with Crippen molar-refractivity contribution in [1.82, 2.24) is 5.16 Å². The Kier molecular flexibility index (Phi) is 3.99. The van der Waals surface area contributed by atoms with Crippen LogP contribution in [0.5, 0.6) is 5.75 Å². The smallest absolute Gasteiger partial charge is 0.374 e. The average molecular weight is 296 g/mol. The molecule has 2 aromatic rings. The SMILES string of the molecule is COc1cc(C(C)C)c(Cl)cc1-c1cc(C(=O)O)on1. The molecule has 6 heteroatoms. The summed E-state index contributed by atoms with van der Waals surface area (Å²) >= 11 is 6.24. The lowest BCUT2D eigenvalue weighted by Crippen LogP contribution is -1.95. The normalized spacial score (nSPS) is 10.8. The first kappa shape index (κ1) is 14.4. The van der Waals surface area contributed by atoms with Crippen LogP contribution in [0.2, 0.25) is 5.02 Å². The van der Waals surface area contributed by atoms with E-state index >= 15 is 0 Å². The van der Waals surface area contributed by atoms with E-state index < -0.39 is 5.97 Å². The first-order valence-electron chi connectivity index (χ1n) is 6.01. The van der Waals surface area contributed by atoms with Crippen LogP contribution >= 0.6 is 11.6 Å². The van der Waals surface area contributed by atoms with Crippen molar-refractivity contribution in [2.75, 3.05) is 7.11 Å². The van der Waals surface area contributed by atoms with Crippen LogP contribution in [0.3, 0.4) is 0 Å². The van der Waals surface area contributed by atoms with Gasteiger partial charge in [0.05, 0.1) is 7.11 Å². The fourth-order valence-corrected chi connectivity index (χ4v) is 2.27. The van der Waals surface area contributed by atoms with Gasteiger partial charge < -0.3 is 14.4 Å². The second-order valence-corrected chi connectivity index (χ2v) is 5.02. The van der Waals surface area contributed by atoms with Gasteiger partial charge in [-0.3, -0.25) is 0 Å². The van der Waals surface area contributed by atoms with Crippen LogP contribution in [0.4, 0.5) is 0 Å². The molecule has 0 saturated carbocycles. The lowest BCUT2D eigenvalue weighted by molar-refractivity contribution is 0.0652. The summed E-state index contributed by atoms with van der Waals surface area (Å²) in [6, 6.07) is 4.88. The lowest BCUT2D eigenvalue weighted by Gasteiger charge is -2.13. The molecule has 0 fully saturated rings. The number of aromatic nitrogens is 1. The van der Waals surface area contributed by atoms with Gasteiger partial charge in [0, 0.05) is 16.7 Å². The zero-order chi connectivity index (χ0) is 14.9. The van der Waals surface area contributed by atoms with Crippen molar-refractivity contribution in [3.63, 3.8) is 0 Å². The van der Waals surface area contributed by atoms with Crippen molar-refractivity contribution in [2.45, 2.75) is 19.8 Å². The molecule has 20 heavy (non-hydrogen) atoms. The largest absolute Gasteiger partial charge is 0.496 e. The third-order valence-corrected chi connectivity index (χ3v) is 3.27. The molecule has 0 saturated heterocycles. The van der Waals surface area contributed by atoms with Crippen molar-refractivity contribution in [1.29, 1.82) is 0 Å². The standard InChI is InChI=1S/C14H14ClNO4/c1-7(2)8-5-12(19-3)9(4-10(8)15)11-6-13(14(17)18)20-16-11/h4-7H,1-3H3,(H,17,18). The zero-order valence-corrected chi connectivity index (χ0v) is 12.1. The van der Waals surface area contributed by atoms with Crippen LogP contribution in [0, 0.1) is 0 Å². The highest BCUT2D eigenvalue weighted by atomic mass is 35.5. The zero-order valence-electron chi connectivity index (χ0n) is 11.3. The monoisotopic (exact) mass is 295 g/mol. The second kappa shape index (κ2) is 5.54. The third kappa shape index (κ3) is 2.63. The quantitative estimate of drug-likeness (QED) is 0.928. The predicted octanol–water partition coefficient (Wildman–Crippen LogP) is 3.83. The van der Waals surface area contributed by atoms with Gasteiger partial charge in [-0.2, -0.15) is 0 Å². The van der Waals surface area contributed by atoms with Crippen molar-refractivity contribution >= 4 is 17.6 Å². The van der Waals surface area contributed by atoms with Crippen molar-refractivity contribution in [3.05, 3.63) is 34.5 Å².